The summed E-state index contributed by atoms with van der Waals surface area (Å²) in [6.45, 7) is 2.34. The van der Waals surface area contributed by atoms with E-state index in [1.54, 1.807) is 0 Å². The largest absolute Gasteiger partial charge is 0.489 e. The highest BCUT2D eigenvalue weighted by Crippen LogP contribution is 2.30. The molecule has 1 aromatic rings. The van der Waals surface area contributed by atoms with Crippen LogP contribution in [0.4, 0.5) is 0 Å². The van der Waals surface area contributed by atoms with Gasteiger partial charge in [0.1, 0.15) is 11.9 Å². The number of aryl methyl sites for hydroxylation is 2. The molecule has 2 heteroatoms. The molecular weight excluding hydrogens is 234 g/mol. The highest BCUT2D eigenvalue weighted by atomic mass is 16.5. The standard InChI is InChI=1S/C17H25NO/c1-12-6-9-16(18-2)17(10-12)19-15-8-7-13-4-3-5-14(13)11-15/h7-8,11-12,16-18H,3-6,9-10H2,1-2H3. The molecule has 0 aromatic heterocycles. The molecule has 0 amide bonds. The van der Waals surface area contributed by atoms with Gasteiger partial charge in [0.05, 0.1) is 0 Å². The number of nitrogens with one attached hydrogen (secondary N) is 1. The maximum atomic E-state index is 6.29. The lowest BCUT2D eigenvalue weighted by atomic mass is 9.85. The molecule has 19 heavy (non-hydrogen) atoms. The van der Waals surface area contributed by atoms with Crippen molar-refractivity contribution in [2.24, 2.45) is 5.92 Å². The fourth-order valence-electron chi connectivity index (χ4n) is 3.59. The number of rotatable bonds is 3. The van der Waals surface area contributed by atoms with Gasteiger partial charge in [-0.25, -0.2) is 0 Å². The van der Waals surface area contributed by atoms with Crippen LogP contribution in [0.25, 0.3) is 0 Å². The lowest BCUT2D eigenvalue weighted by Gasteiger charge is -2.35. The minimum absolute atomic E-state index is 0.327. The lowest BCUT2D eigenvalue weighted by molar-refractivity contribution is 0.0943. The van der Waals surface area contributed by atoms with Gasteiger partial charge in [0.15, 0.2) is 0 Å². The minimum atomic E-state index is 0.327. The highest BCUT2D eigenvalue weighted by molar-refractivity contribution is 5.38. The average molecular weight is 259 g/mol. The molecule has 2 nitrogen and oxygen atoms in total. The first kappa shape index (κ1) is 13.0. The second-order valence-electron chi connectivity index (χ2n) is 6.25. The topological polar surface area (TPSA) is 21.3 Å². The number of ether oxygens (including phenoxy) is 1. The molecule has 1 N–H and O–H groups in total. The Morgan fingerprint density at radius 3 is 2.84 bits per heavy atom. The van der Waals surface area contributed by atoms with Crippen LogP contribution in [0.2, 0.25) is 0 Å². The Balaban J connectivity index is 1.72. The van der Waals surface area contributed by atoms with Crippen molar-refractivity contribution < 1.29 is 4.74 Å². The monoisotopic (exact) mass is 259 g/mol. The third-order valence-electron chi connectivity index (χ3n) is 4.78. The first-order valence-corrected chi connectivity index (χ1v) is 7.72. The van der Waals surface area contributed by atoms with Crippen LogP contribution in [0.5, 0.6) is 5.75 Å². The molecule has 0 heterocycles. The summed E-state index contributed by atoms with van der Waals surface area (Å²) in [5, 5.41) is 3.42. The zero-order valence-electron chi connectivity index (χ0n) is 12.1. The maximum Gasteiger partial charge on any atom is 0.120 e. The molecule has 1 fully saturated rings. The minimum Gasteiger partial charge on any atom is -0.489 e. The number of hydrogen-bond acceptors (Lipinski definition) is 2. The fraction of sp³-hybridized carbons (Fsp3) is 0.647. The molecule has 3 unspecified atom stereocenters. The van der Waals surface area contributed by atoms with Gasteiger partial charge in [0.25, 0.3) is 0 Å². The summed E-state index contributed by atoms with van der Waals surface area (Å²) in [5.41, 5.74) is 3.02. The van der Waals surface area contributed by atoms with E-state index in [1.165, 1.54) is 49.7 Å². The lowest BCUT2D eigenvalue weighted by Crippen LogP contribution is -2.45. The molecule has 0 aliphatic heterocycles. The van der Waals surface area contributed by atoms with Crippen molar-refractivity contribution in [3.63, 3.8) is 0 Å². The zero-order valence-corrected chi connectivity index (χ0v) is 12.1. The number of hydrogen-bond donors (Lipinski definition) is 1. The molecule has 104 valence electrons. The molecule has 2 aliphatic rings. The van der Waals surface area contributed by atoms with Gasteiger partial charge in [-0.1, -0.05) is 13.0 Å². The van der Waals surface area contributed by atoms with Gasteiger partial charge in [-0.05, 0) is 74.8 Å². The first-order chi connectivity index (χ1) is 9.26. The normalized spacial score (nSPS) is 30.1. The summed E-state index contributed by atoms with van der Waals surface area (Å²) in [6.07, 6.45) is 7.82. The van der Waals surface area contributed by atoms with Gasteiger partial charge in [0.2, 0.25) is 0 Å². The van der Waals surface area contributed by atoms with Gasteiger partial charge in [-0.15, -0.1) is 0 Å². The fourth-order valence-corrected chi connectivity index (χ4v) is 3.59. The third-order valence-corrected chi connectivity index (χ3v) is 4.78. The van der Waals surface area contributed by atoms with Crippen LogP contribution < -0.4 is 10.1 Å². The molecule has 3 rings (SSSR count). The SMILES string of the molecule is CNC1CCC(C)CC1Oc1ccc2c(c1)CCC2. The highest BCUT2D eigenvalue weighted by Gasteiger charge is 2.29. The quantitative estimate of drug-likeness (QED) is 0.899. The van der Waals surface area contributed by atoms with Gasteiger partial charge in [-0.2, -0.15) is 0 Å². The Morgan fingerprint density at radius 2 is 2.00 bits per heavy atom. The summed E-state index contributed by atoms with van der Waals surface area (Å²) in [6, 6.07) is 7.20. The van der Waals surface area contributed by atoms with Crippen LogP contribution >= 0.6 is 0 Å². The molecule has 0 saturated heterocycles. The van der Waals surface area contributed by atoms with E-state index in [-0.39, 0.29) is 0 Å². The predicted octanol–water partition coefficient (Wildman–Crippen LogP) is 3.33. The molecule has 0 bridgehead atoms. The molecule has 3 atom stereocenters. The second-order valence-corrected chi connectivity index (χ2v) is 6.25. The van der Waals surface area contributed by atoms with Gasteiger partial charge < -0.3 is 10.1 Å². The Morgan fingerprint density at radius 1 is 1.16 bits per heavy atom. The average Bonchev–Trinajstić information content (AvgIpc) is 2.86. The third kappa shape index (κ3) is 2.79. The van der Waals surface area contributed by atoms with Crippen molar-refractivity contribution in [1.82, 2.24) is 5.32 Å². The van der Waals surface area contributed by atoms with E-state index < -0.39 is 0 Å². The number of benzene rings is 1. The van der Waals surface area contributed by atoms with Crippen LogP contribution in [-0.2, 0) is 12.8 Å². The van der Waals surface area contributed by atoms with E-state index in [0.717, 1.165) is 11.7 Å². The van der Waals surface area contributed by atoms with Crippen LogP contribution in [0.1, 0.15) is 43.7 Å². The van der Waals surface area contributed by atoms with Crippen molar-refractivity contribution in [1.29, 1.82) is 0 Å². The van der Waals surface area contributed by atoms with Crippen molar-refractivity contribution >= 4 is 0 Å². The summed E-state index contributed by atoms with van der Waals surface area (Å²) in [7, 11) is 2.06. The van der Waals surface area contributed by atoms with Crippen LogP contribution in [0, 0.1) is 5.92 Å². The Kier molecular flexibility index (Phi) is 3.79. The Hall–Kier alpha value is -1.02. The molecule has 1 saturated carbocycles. The summed E-state index contributed by atoms with van der Waals surface area (Å²) >= 11 is 0. The van der Waals surface area contributed by atoms with E-state index in [1.807, 2.05) is 0 Å². The van der Waals surface area contributed by atoms with E-state index in [9.17, 15) is 0 Å². The van der Waals surface area contributed by atoms with Crippen molar-refractivity contribution in [3.8, 4) is 5.75 Å². The predicted molar refractivity (Wildman–Crippen MR) is 78.7 cm³/mol. The summed E-state index contributed by atoms with van der Waals surface area (Å²) < 4.78 is 6.29. The van der Waals surface area contributed by atoms with E-state index in [4.69, 9.17) is 4.74 Å². The van der Waals surface area contributed by atoms with Crippen molar-refractivity contribution in [2.75, 3.05) is 7.05 Å². The van der Waals surface area contributed by atoms with Crippen molar-refractivity contribution in [3.05, 3.63) is 29.3 Å². The van der Waals surface area contributed by atoms with Gasteiger partial charge in [0, 0.05) is 6.04 Å². The number of likely N-dealkylation sites (N-methyl/N-ethyl adjacent to an activating group) is 1. The van der Waals surface area contributed by atoms with E-state index in [2.05, 4.69) is 37.5 Å². The Bertz CT molecular complexity index is 443. The maximum absolute atomic E-state index is 6.29. The molecule has 1 aromatic carbocycles. The van der Waals surface area contributed by atoms with Gasteiger partial charge >= 0.3 is 0 Å². The zero-order chi connectivity index (χ0) is 13.2. The van der Waals surface area contributed by atoms with Gasteiger partial charge in [-0.3, -0.25) is 0 Å². The molecule has 0 spiro atoms. The molecular formula is C17H25NO. The van der Waals surface area contributed by atoms with Crippen LogP contribution in [0.3, 0.4) is 0 Å². The molecule has 0 radical (unpaired) electrons. The second kappa shape index (κ2) is 5.54. The van der Waals surface area contributed by atoms with Crippen molar-refractivity contribution in [2.45, 2.75) is 57.6 Å². The van der Waals surface area contributed by atoms with Crippen LogP contribution in [-0.4, -0.2) is 19.2 Å². The van der Waals surface area contributed by atoms with E-state index in [0.29, 0.717) is 12.1 Å². The number of fused-ring (bicyclic) bond motifs is 1. The molecule has 2 aliphatic carbocycles. The van der Waals surface area contributed by atoms with E-state index >= 15 is 0 Å². The van der Waals surface area contributed by atoms with Crippen LogP contribution in [0.15, 0.2) is 18.2 Å². The smallest absolute Gasteiger partial charge is 0.120 e. The Labute approximate surface area is 116 Å². The summed E-state index contributed by atoms with van der Waals surface area (Å²) in [4.78, 5) is 0. The first-order valence-electron chi connectivity index (χ1n) is 7.72. The summed E-state index contributed by atoms with van der Waals surface area (Å²) in [5.74, 6) is 1.85.